The van der Waals surface area contributed by atoms with E-state index in [1.165, 1.54) is 12.1 Å². The fourth-order valence-electron chi connectivity index (χ4n) is 2.88. The van der Waals surface area contributed by atoms with E-state index >= 15 is 0 Å². The van der Waals surface area contributed by atoms with Gasteiger partial charge in [0.05, 0.1) is 13.2 Å². The van der Waals surface area contributed by atoms with Gasteiger partial charge in [0.2, 0.25) is 5.91 Å². The summed E-state index contributed by atoms with van der Waals surface area (Å²) in [5.74, 6) is 0.354. The number of H-pyrrole nitrogens is 1. The standard InChI is InChI=1S/C17H21FN4O2/c18-14-3-1-2-13(12-14)16(22-8-10-24-11-9-22)17(23)21-5-4-15-19-6-7-20-15/h1-3,6-7,12,16H,4-5,8-11H2,(H,19,20)(H,21,23). The number of imidazole rings is 1. The number of rotatable bonds is 6. The molecule has 2 N–H and O–H groups in total. The SMILES string of the molecule is O=C(NCCc1ncc[nH]1)C(c1cccc(F)c1)N1CCOCC1. The summed E-state index contributed by atoms with van der Waals surface area (Å²) in [6, 6.07) is 5.71. The van der Waals surface area contributed by atoms with E-state index in [9.17, 15) is 9.18 Å². The summed E-state index contributed by atoms with van der Waals surface area (Å²) in [5, 5.41) is 2.93. The predicted molar refractivity (Wildman–Crippen MR) is 86.8 cm³/mol. The van der Waals surface area contributed by atoms with Crippen LogP contribution < -0.4 is 5.32 Å². The van der Waals surface area contributed by atoms with Gasteiger partial charge in [0.15, 0.2) is 0 Å². The smallest absolute Gasteiger partial charge is 0.241 e. The highest BCUT2D eigenvalue weighted by Gasteiger charge is 2.29. The molecule has 1 saturated heterocycles. The lowest BCUT2D eigenvalue weighted by molar-refractivity contribution is -0.128. The first-order valence-electron chi connectivity index (χ1n) is 8.07. The van der Waals surface area contributed by atoms with Crippen molar-refractivity contribution in [3.63, 3.8) is 0 Å². The highest BCUT2D eigenvalue weighted by Crippen LogP contribution is 2.23. The van der Waals surface area contributed by atoms with Crippen LogP contribution in [0, 0.1) is 5.82 Å². The maximum Gasteiger partial charge on any atom is 0.241 e. The number of amides is 1. The van der Waals surface area contributed by atoms with Gasteiger partial charge in [-0.2, -0.15) is 0 Å². The van der Waals surface area contributed by atoms with Gasteiger partial charge in [-0.3, -0.25) is 9.69 Å². The molecule has 1 aromatic carbocycles. The molecule has 1 aromatic heterocycles. The van der Waals surface area contributed by atoms with Gasteiger partial charge in [0.1, 0.15) is 17.7 Å². The summed E-state index contributed by atoms with van der Waals surface area (Å²) in [5.41, 5.74) is 0.660. The fraction of sp³-hybridized carbons (Fsp3) is 0.412. The molecule has 3 rings (SSSR count). The minimum Gasteiger partial charge on any atom is -0.379 e. The number of aromatic amines is 1. The van der Waals surface area contributed by atoms with Crippen LogP contribution in [0.25, 0.3) is 0 Å². The van der Waals surface area contributed by atoms with E-state index in [1.54, 1.807) is 24.5 Å². The van der Waals surface area contributed by atoms with Crippen molar-refractivity contribution >= 4 is 5.91 Å². The maximum absolute atomic E-state index is 13.6. The quantitative estimate of drug-likeness (QED) is 0.836. The molecule has 1 atom stereocenters. The highest BCUT2D eigenvalue weighted by atomic mass is 19.1. The molecule has 0 radical (unpaired) electrons. The average Bonchev–Trinajstić information content (AvgIpc) is 3.10. The van der Waals surface area contributed by atoms with E-state index in [4.69, 9.17) is 4.74 Å². The second kappa shape index (κ2) is 8.03. The van der Waals surface area contributed by atoms with Crippen molar-refractivity contribution < 1.29 is 13.9 Å². The predicted octanol–water partition coefficient (Wildman–Crippen LogP) is 1.28. The Hall–Kier alpha value is -2.25. The largest absolute Gasteiger partial charge is 0.379 e. The van der Waals surface area contributed by atoms with Crippen LogP contribution in [0.1, 0.15) is 17.4 Å². The number of morpholine rings is 1. The van der Waals surface area contributed by atoms with Gasteiger partial charge >= 0.3 is 0 Å². The number of carbonyl (C=O) groups excluding carboxylic acids is 1. The number of aromatic nitrogens is 2. The zero-order valence-electron chi connectivity index (χ0n) is 13.4. The summed E-state index contributed by atoms with van der Waals surface area (Å²) in [4.78, 5) is 21.9. The molecule has 1 aliphatic rings. The van der Waals surface area contributed by atoms with Crippen molar-refractivity contribution in [3.8, 4) is 0 Å². The van der Waals surface area contributed by atoms with Crippen molar-refractivity contribution in [2.75, 3.05) is 32.8 Å². The number of halogens is 1. The lowest BCUT2D eigenvalue weighted by atomic mass is 10.0. The molecule has 1 amide bonds. The van der Waals surface area contributed by atoms with Gasteiger partial charge < -0.3 is 15.0 Å². The van der Waals surface area contributed by atoms with Crippen LogP contribution in [0.15, 0.2) is 36.7 Å². The lowest BCUT2D eigenvalue weighted by Crippen LogP contribution is -2.46. The van der Waals surface area contributed by atoms with Crippen molar-refractivity contribution in [3.05, 3.63) is 53.9 Å². The third-order valence-electron chi connectivity index (χ3n) is 4.04. The molecule has 7 heteroatoms. The van der Waals surface area contributed by atoms with E-state index in [-0.39, 0.29) is 11.7 Å². The molecular weight excluding hydrogens is 311 g/mol. The normalized spacial score (nSPS) is 16.7. The Morgan fingerprint density at radius 3 is 2.96 bits per heavy atom. The van der Waals surface area contributed by atoms with Crippen molar-refractivity contribution in [1.29, 1.82) is 0 Å². The molecule has 24 heavy (non-hydrogen) atoms. The van der Waals surface area contributed by atoms with Gasteiger partial charge in [-0.05, 0) is 17.7 Å². The first-order chi connectivity index (χ1) is 11.7. The Balaban J connectivity index is 1.69. The van der Waals surface area contributed by atoms with Crippen LogP contribution in [0.4, 0.5) is 4.39 Å². The van der Waals surface area contributed by atoms with E-state index < -0.39 is 6.04 Å². The van der Waals surface area contributed by atoms with Crippen molar-refractivity contribution in [2.45, 2.75) is 12.5 Å². The van der Waals surface area contributed by atoms with Gasteiger partial charge in [0, 0.05) is 38.4 Å². The summed E-state index contributed by atoms with van der Waals surface area (Å²) in [6.07, 6.45) is 4.05. The van der Waals surface area contributed by atoms with Crippen LogP contribution in [0.3, 0.4) is 0 Å². The number of carbonyl (C=O) groups is 1. The Morgan fingerprint density at radius 2 is 2.25 bits per heavy atom. The first-order valence-corrected chi connectivity index (χ1v) is 8.07. The molecule has 128 valence electrons. The minimum absolute atomic E-state index is 0.131. The first kappa shape index (κ1) is 16.6. The Kier molecular flexibility index (Phi) is 5.55. The Labute approximate surface area is 140 Å². The monoisotopic (exact) mass is 332 g/mol. The zero-order valence-corrected chi connectivity index (χ0v) is 13.4. The number of hydrogen-bond acceptors (Lipinski definition) is 4. The third kappa shape index (κ3) is 4.18. The molecule has 0 saturated carbocycles. The molecule has 6 nitrogen and oxygen atoms in total. The van der Waals surface area contributed by atoms with Crippen LogP contribution in [-0.4, -0.2) is 53.6 Å². The highest BCUT2D eigenvalue weighted by molar-refractivity contribution is 5.83. The second-order valence-electron chi connectivity index (χ2n) is 5.68. The van der Waals surface area contributed by atoms with E-state index in [0.717, 1.165) is 5.82 Å². The number of ether oxygens (including phenoxy) is 1. The van der Waals surface area contributed by atoms with Crippen molar-refractivity contribution in [2.24, 2.45) is 0 Å². The van der Waals surface area contributed by atoms with Gasteiger partial charge in [-0.1, -0.05) is 12.1 Å². The van der Waals surface area contributed by atoms with E-state index in [0.29, 0.717) is 44.8 Å². The molecule has 1 aliphatic heterocycles. The van der Waals surface area contributed by atoms with Crippen LogP contribution in [0.5, 0.6) is 0 Å². The zero-order chi connectivity index (χ0) is 16.8. The molecule has 2 heterocycles. The number of hydrogen-bond donors (Lipinski definition) is 2. The van der Waals surface area contributed by atoms with Gasteiger partial charge in [-0.25, -0.2) is 9.37 Å². The molecule has 0 aliphatic carbocycles. The topological polar surface area (TPSA) is 70.2 Å². The van der Waals surface area contributed by atoms with E-state index in [1.807, 2.05) is 4.90 Å². The van der Waals surface area contributed by atoms with E-state index in [2.05, 4.69) is 15.3 Å². The summed E-state index contributed by atoms with van der Waals surface area (Å²) >= 11 is 0. The second-order valence-corrected chi connectivity index (χ2v) is 5.68. The maximum atomic E-state index is 13.6. The minimum atomic E-state index is -0.513. The van der Waals surface area contributed by atoms with Crippen LogP contribution in [-0.2, 0) is 16.0 Å². The Bertz CT molecular complexity index is 656. The third-order valence-corrected chi connectivity index (χ3v) is 4.04. The molecule has 2 aromatic rings. The molecule has 0 bridgehead atoms. The Morgan fingerprint density at radius 1 is 1.42 bits per heavy atom. The number of nitrogens with one attached hydrogen (secondary N) is 2. The fourth-order valence-corrected chi connectivity index (χ4v) is 2.88. The van der Waals surface area contributed by atoms with Crippen LogP contribution in [0.2, 0.25) is 0 Å². The van der Waals surface area contributed by atoms with Crippen LogP contribution >= 0.6 is 0 Å². The van der Waals surface area contributed by atoms with Gasteiger partial charge in [-0.15, -0.1) is 0 Å². The van der Waals surface area contributed by atoms with Crippen molar-refractivity contribution in [1.82, 2.24) is 20.2 Å². The lowest BCUT2D eigenvalue weighted by Gasteiger charge is -2.33. The summed E-state index contributed by atoms with van der Waals surface area (Å²) in [6.45, 7) is 2.92. The summed E-state index contributed by atoms with van der Waals surface area (Å²) in [7, 11) is 0. The molecule has 1 fully saturated rings. The van der Waals surface area contributed by atoms with Gasteiger partial charge in [0.25, 0.3) is 0 Å². The molecule has 1 unspecified atom stereocenters. The average molecular weight is 332 g/mol. The molecule has 0 spiro atoms. The number of nitrogens with zero attached hydrogens (tertiary/aromatic N) is 2. The molecular formula is C17H21FN4O2. The number of benzene rings is 1. The summed E-state index contributed by atoms with van der Waals surface area (Å²) < 4.78 is 19.0.